The molecule has 0 unspecified atom stereocenters. The lowest BCUT2D eigenvalue weighted by molar-refractivity contribution is 0.0926. The molecule has 9 aromatic rings. The van der Waals surface area contributed by atoms with Gasteiger partial charge < -0.3 is 4.57 Å². The van der Waals surface area contributed by atoms with Gasteiger partial charge in [0.2, 0.25) is 0 Å². The van der Waals surface area contributed by atoms with Gasteiger partial charge in [0.15, 0.2) is 0 Å². The molecule has 0 saturated heterocycles. The van der Waals surface area contributed by atoms with Gasteiger partial charge in [0.1, 0.15) is 0 Å². The standard InChI is InChI=1S/C52H36N2O2/c1-33-14-9-11-20-42(33)37-24-26-47-45(31-37)46-32-38(43-21-12-10-15-34(43)2)25-27-48(46)54(47)49-23-13-22-44-50(49)52(56)53(51(44)55)41-29-39(35-16-5-3-6-17-35)28-40(30-41)36-18-7-4-8-19-36/h3-32H,1-2H3. The van der Waals surface area contributed by atoms with E-state index >= 15 is 0 Å². The van der Waals surface area contributed by atoms with E-state index in [-0.39, 0.29) is 11.8 Å². The number of carbonyl (C=O) groups is 2. The van der Waals surface area contributed by atoms with Crippen LogP contribution in [-0.2, 0) is 0 Å². The van der Waals surface area contributed by atoms with E-state index in [1.807, 2.05) is 84.9 Å². The number of hydrogen-bond donors (Lipinski definition) is 0. The summed E-state index contributed by atoms with van der Waals surface area (Å²) in [5.41, 5.74) is 14.8. The molecule has 56 heavy (non-hydrogen) atoms. The van der Waals surface area contributed by atoms with E-state index in [0.29, 0.717) is 22.5 Å². The van der Waals surface area contributed by atoms with Crippen LogP contribution in [0.1, 0.15) is 31.8 Å². The number of amides is 2. The van der Waals surface area contributed by atoms with Crippen LogP contribution in [0.3, 0.4) is 0 Å². The van der Waals surface area contributed by atoms with Gasteiger partial charge in [-0.15, -0.1) is 0 Å². The van der Waals surface area contributed by atoms with E-state index < -0.39 is 0 Å². The van der Waals surface area contributed by atoms with Crippen LogP contribution >= 0.6 is 0 Å². The lowest BCUT2D eigenvalue weighted by atomic mass is 9.97. The molecule has 0 N–H and O–H groups in total. The second-order valence-corrected chi connectivity index (χ2v) is 14.6. The number of imide groups is 1. The summed E-state index contributed by atoms with van der Waals surface area (Å²) in [6, 6.07) is 61.8. The Labute approximate surface area is 325 Å². The summed E-state index contributed by atoms with van der Waals surface area (Å²) in [5, 5.41) is 2.15. The summed E-state index contributed by atoms with van der Waals surface area (Å²) in [7, 11) is 0. The van der Waals surface area contributed by atoms with Crippen molar-refractivity contribution in [1.82, 2.24) is 4.57 Å². The second kappa shape index (κ2) is 13.2. The third-order valence-corrected chi connectivity index (χ3v) is 11.2. The fourth-order valence-electron chi connectivity index (χ4n) is 8.43. The third-order valence-electron chi connectivity index (χ3n) is 11.2. The minimum atomic E-state index is -0.340. The smallest absolute Gasteiger partial charge is 0.268 e. The lowest BCUT2D eigenvalue weighted by Crippen LogP contribution is -2.29. The molecular formula is C52H36N2O2. The molecule has 0 radical (unpaired) electrons. The van der Waals surface area contributed by atoms with E-state index in [0.717, 1.165) is 55.2 Å². The van der Waals surface area contributed by atoms with Crippen molar-refractivity contribution >= 4 is 39.3 Å². The molecule has 0 atom stereocenters. The summed E-state index contributed by atoms with van der Waals surface area (Å²) in [4.78, 5) is 30.8. The summed E-state index contributed by atoms with van der Waals surface area (Å²) < 4.78 is 2.16. The van der Waals surface area contributed by atoms with Crippen molar-refractivity contribution in [2.45, 2.75) is 13.8 Å². The topological polar surface area (TPSA) is 42.3 Å². The monoisotopic (exact) mass is 720 g/mol. The largest absolute Gasteiger partial charge is 0.308 e. The number of hydrogen-bond acceptors (Lipinski definition) is 2. The molecule has 266 valence electrons. The maximum Gasteiger partial charge on any atom is 0.268 e. The molecule has 0 bridgehead atoms. The van der Waals surface area contributed by atoms with Gasteiger partial charge in [0.25, 0.3) is 11.8 Å². The van der Waals surface area contributed by atoms with Crippen LogP contribution in [0.5, 0.6) is 0 Å². The van der Waals surface area contributed by atoms with Crippen molar-refractivity contribution in [3.8, 4) is 50.2 Å². The summed E-state index contributed by atoms with van der Waals surface area (Å²) in [6.45, 7) is 4.28. The van der Waals surface area contributed by atoms with Crippen molar-refractivity contribution in [3.63, 3.8) is 0 Å². The second-order valence-electron chi connectivity index (χ2n) is 14.6. The minimum Gasteiger partial charge on any atom is -0.308 e. The average molecular weight is 721 g/mol. The number of anilines is 1. The third kappa shape index (κ3) is 5.38. The van der Waals surface area contributed by atoms with Crippen LogP contribution in [0, 0.1) is 13.8 Å². The van der Waals surface area contributed by atoms with Gasteiger partial charge in [-0.2, -0.15) is 0 Å². The van der Waals surface area contributed by atoms with Crippen molar-refractivity contribution in [2.75, 3.05) is 4.90 Å². The highest BCUT2D eigenvalue weighted by molar-refractivity contribution is 6.36. The van der Waals surface area contributed by atoms with E-state index in [1.165, 1.54) is 27.2 Å². The molecule has 1 aliphatic heterocycles. The van der Waals surface area contributed by atoms with Gasteiger partial charge in [0, 0.05) is 10.8 Å². The quantitative estimate of drug-likeness (QED) is 0.161. The van der Waals surface area contributed by atoms with Crippen LogP contribution in [0.25, 0.3) is 72.0 Å². The molecule has 1 aromatic heterocycles. The van der Waals surface area contributed by atoms with Gasteiger partial charge in [0.05, 0.1) is 33.5 Å². The highest BCUT2D eigenvalue weighted by atomic mass is 16.2. The zero-order chi connectivity index (χ0) is 37.9. The van der Waals surface area contributed by atoms with Gasteiger partial charge >= 0.3 is 0 Å². The predicted molar refractivity (Wildman–Crippen MR) is 230 cm³/mol. The fraction of sp³-hybridized carbons (Fsp3) is 0.0385. The Hall–Kier alpha value is -7.30. The van der Waals surface area contributed by atoms with Gasteiger partial charge in [-0.3, -0.25) is 9.59 Å². The highest BCUT2D eigenvalue weighted by Crippen LogP contribution is 2.42. The molecule has 10 rings (SSSR count). The van der Waals surface area contributed by atoms with E-state index in [4.69, 9.17) is 0 Å². The van der Waals surface area contributed by atoms with Gasteiger partial charge in [-0.05, 0) is 124 Å². The molecule has 0 fully saturated rings. The van der Waals surface area contributed by atoms with Crippen LogP contribution < -0.4 is 4.90 Å². The molecule has 4 nitrogen and oxygen atoms in total. The Balaban J connectivity index is 1.17. The predicted octanol–water partition coefficient (Wildman–Crippen LogP) is 12.9. The molecule has 1 aliphatic rings. The Kier molecular flexibility index (Phi) is 7.86. The number of carbonyl (C=O) groups excluding carboxylic acids is 2. The first-order chi connectivity index (χ1) is 27.4. The van der Waals surface area contributed by atoms with Crippen LogP contribution in [0.2, 0.25) is 0 Å². The number of benzene rings is 8. The maximum absolute atomic E-state index is 14.9. The molecule has 0 aliphatic carbocycles. The Morgan fingerprint density at radius 2 is 0.857 bits per heavy atom. The SMILES string of the molecule is Cc1ccccc1-c1ccc2c(c1)c1cc(-c3ccccc3C)ccc1n2-c1cccc2c1C(=O)N(c1cc(-c3ccccc3)cc(-c3ccccc3)c1)C2=O. The van der Waals surface area contributed by atoms with Crippen molar-refractivity contribution < 1.29 is 9.59 Å². The van der Waals surface area contributed by atoms with Crippen LogP contribution in [-0.4, -0.2) is 16.4 Å². The number of aromatic nitrogens is 1. The van der Waals surface area contributed by atoms with Crippen molar-refractivity contribution in [1.29, 1.82) is 0 Å². The zero-order valence-corrected chi connectivity index (χ0v) is 31.0. The van der Waals surface area contributed by atoms with Crippen LogP contribution in [0.15, 0.2) is 182 Å². The molecule has 2 heterocycles. The molecule has 0 saturated carbocycles. The number of fused-ring (bicyclic) bond motifs is 4. The van der Waals surface area contributed by atoms with Crippen LogP contribution in [0.4, 0.5) is 5.69 Å². The molecular weight excluding hydrogens is 685 g/mol. The molecule has 8 aromatic carbocycles. The number of aryl methyl sites for hydroxylation is 2. The van der Waals surface area contributed by atoms with E-state index in [1.54, 1.807) is 6.07 Å². The Bertz CT molecular complexity index is 2870. The lowest BCUT2D eigenvalue weighted by Gasteiger charge is -2.18. The first kappa shape index (κ1) is 33.3. The number of rotatable bonds is 6. The van der Waals surface area contributed by atoms with E-state index in [9.17, 15) is 9.59 Å². The first-order valence-corrected chi connectivity index (χ1v) is 18.9. The molecule has 4 heteroatoms. The van der Waals surface area contributed by atoms with Gasteiger partial charge in [-0.1, -0.05) is 127 Å². The molecule has 0 spiro atoms. The number of nitrogens with zero attached hydrogens (tertiary/aromatic N) is 2. The Morgan fingerprint density at radius 1 is 0.375 bits per heavy atom. The normalized spacial score (nSPS) is 12.5. The summed E-state index contributed by atoms with van der Waals surface area (Å²) in [6.07, 6.45) is 0. The van der Waals surface area contributed by atoms with Gasteiger partial charge in [-0.25, -0.2) is 4.90 Å². The highest BCUT2D eigenvalue weighted by Gasteiger charge is 2.39. The molecule has 2 amide bonds. The Morgan fingerprint density at radius 3 is 1.38 bits per heavy atom. The average Bonchev–Trinajstić information content (AvgIpc) is 3.71. The van der Waals surface area contributed by atoms with E-state index in [2.05, 4.69) is 109 Å². The first-order valence-electron chi connectivity index (χ1n) is 18.9. The minimum absolute atomic E-state index is 0.333. The maximum atomic E-state index is 14.9. The fourth-order valence-corrected chi connectivity index (χ4v) is 8.43. The summed E-state index contributed by atoms with van der Waals surface area (Å²) >= 11 is 0. The zero-order valence-electron chi connectivity index (χ0n) is 31.0. The summed E-state index contributed by atoms with van der Waals surface area (Å²) in [5.74, 6) is -0.673. The van der Waals surface area contributed by atoms with Crippen molar-refractivity contribution in [2.24, 2.45) is 0 Å². The van der Waals surface area contributed by atoms with Crippen molar-refractivity contribution in [3.05, 3.63) is 204 Å².